The Morgan fingerprint density at radius 3 is 2.95 bits per heavy atom. The Balaban J connectivity index is 2.00. The molecule has 0 spiro atoms. The molecule has 2 aliphatic carbocycles. The van der Waals surface area contributed by atoms with Crippen molar-refractivity contribution in [3.05, 3.63) is 23.3 Å². The Bertz CT molecular complexity index is 658. The molecule has 5 heteroatoms. The van der Waals surface area contributed by atoms with E-state index in [1.807, 2.05) is 6.07 Å². The maximum Gasteiger partial charge on any atom is 0.161 e. The number of ether oxygens (including phenoxy) is 1. The van der Waals surface area contributed by atoms with Gasteiger partial charge in [-0.1, -0.05) is 6.07 Å². The van der Waals surface area contributed by atoms with E-state index in [4.69, 9.17) is 4.74 Å². The highest BCUT2D eigenvalue weighted by Gasteiger charge is 2.63. The van der Waals surface area contributed by atoms with Crippen LogP contribution >= 0.6 is 0 Å². The summed E-state index contributed by atoms with van der Waals surface area (Å²) in [6.45, 7) is 0.746. The predicted octanol–water partition coefficient (Wildman–Crippen LogP) is 1.04. The second kappa shape index (κ2) is 4.46. The van der Waals surface area contributed by atoms with Crippen LogP contribution in [0, 0.1) is 0 Å². The lowest BCUT2D eigenvalue weighted by molar-refractivity contribution is -0.149. The minimum atomic E-state index is -0.976. The van der Waals surface area contributed by atoms with Gasteiger partial charge in [0.25, 0.3) is 0 Å². The van der Waals surface area contributed by atoms with E-state index >= 15 is 0 Å². The molecule has 3 N–H and O–H groups in total. The molecular formula is C17H21NO4. The van der Waals surface area contributed by atoms with Crippen LogP contribution in [0.4, 0.5) is 0 Å². The quantitative estimate of drug-likeness (QED) is 0.722. The van der Waals surface area contributed by atoms with E-state index in [2.05, 4.69) is 5.32 Å². The van der Waals surface area contributed by atoms with Gasteiger partial charge in [0.2, 0.25) is 0 Å². The van der Waals surface area contributed by atoms with E-state index in [9.17, 15) is 15.0 Å². The third-order valence-corrected chi connectivity index (χ3v) is 5.98. The molecule has 0 unspecified atom stereocenters. The van der Waals surface area contributed by atoms with Crippen LogP contribution in [-0.4, -0.2) is 41.3 Å². The smallest absolute Gasteiger partial charge is 0.161 e. The van der Waals surface area contributed by atoms with Gasteiger partial charge in [-0.05, 0) is 37.4 Å². The van der Waals surface area contributed by atoms with E-state index < -0.39 is 11.0 Å². The summed E-state index contributed by atoms with van der Waals surface area (Å²) in [4.78, 5) is 12.2. The standard InChI is InChI=1S/C17H21NO4/c1-22-12-3-2-10-8-13-17(21)5-4-11(19)9-16(17,6-7-18-13)14(10)15(12)20/h2-3,13,18,20-21H,4-9H2,1H3/t13-,16-,17+/m0/s1. The summed E-state index contributed by atoms with van der Waals surface area (Å²) in [5, 5.41) is 25.6. The summed E-state index contributed by atoms with van der Waals surface area (Å²) >= 11 is 0. The Morgan fingerprint density at radius 1 is 1.36 bits per heavy atom. The fourth-order valence-electron chi connectivity index (χ4n) is 4.96. The summed E-state index contributed by atoms with van der Waals surface area (Å²) in [7, 11) is 1.52. The number of fused-ring (bicyclic) bond motifs is 1. The minimum absolute atomic E-state index is 0.0605. The normalized spacial score (nSPS) is 36.5. The predicted molar refractivity (Wildman–Crippen MR) is 80.3 cm³/mol. The minimum Gasteiger partial charge on any atom is -0.504 e. The number of hydrogen-bond donors (Lipinski definition) is 3. The number of hydrogen-bond acceptors (Lipinski definition) is 5. The maximum absolute atomic E-state index is 12.2. The number of carbonyl (C=O) groups is 1. The molecule has 2 fully saturated rings. The molecule has 5 nitrogen and oxygen atoms in total. The van der Waals surface area contributed by atoms with Crippen molar-refractivity contribution in [2.75, 3.05) is 13.7 Å². The summed E-state index contributed by atoms with van der Waals surface area (Å²) in [5.74, 6) is 0.666. The molecule has 0 radical (unpaired) electrons. The van der Waals surface area contributed by atoms with Crippen molar-refractivity contribution in [2.24, 2.45) is 0 Å². The van der Waals surface area contributed by atoms with Gasteiger partial charge in [0, 0.05) is 29.9 Å². The zero-order valence-corrected chi connectivity index (χ0v) is 12.7. The van der Waals surface area contributed by atoms with E-state index in [0.29, 0.717) is 37.9 Å². The molecule has 1 heterocycles. The zero-order valence-electron chi connectivity index (χ0n) is 12.7. The summed E-state index contributed by atoms with van der Waals surface area (Å²) < 4.78 is 5.25. The van der Waals surface area contributed by atoms with Gasteiger partial charge in [-0.2, -0.15) is 0 Å². The first-order chi connectivity index (χ1) is 10.5. The van der Waals surface area contributed by atoms with E-state index in [1.54, 1.807) is 6.07 Å². The third-order valence-electron chi connectivity index (χ3n) is 5.98. The molecule has 4 rings (SSSR count). The van der Waals surface area contributed by atoms with E-state index in [1.165, 1.54) is 7.11 Å². The van der Waals surface area contributed by atoms with Crippen molar-refractivity contribution in [3.8, 4) is 11.5 Å². The number of nitrogens with one attached hydrogen (secondary N) is 1. The Morgan fingerprint density at radius 2 is 2.18 bits per heavy atom. The average Bonchev–Trinajstić information content (AvgIpc) is 2.47. The SMILES string of the molecule is COc1ccc2c(c1O)[C@@]13CCN[C@@H](C2)[C@]1(O)CCC(=O)C3. The number of aliphatic hydroxyl groups is 1. The molecule has 3 atom stereocenters. The highest BCUT2D eigenvalue weighted by molar-refractivity contribution is 5.83. The summed E-state index contributed by atoms with van der Waals surface area (Å²) in [5.41, 5.74) is 0.0792. The van der Waals surface area contributed by atoms with Crippen molar-refractivity contribution in [1.82, 2.24) is 5.32 Å². The Hall–Kier alpha value is -1.59. The number of phenolic OH excluding ortho intramolecular Hbond substituents is 1. The molecule has 1 saturated carbocycles. The van der Waals surface area contributed by atoms with Gasteiger partial charge in [-0.15, -0.1) is 0 Å². The number of phenols is 1. The van der Waals surface area contributed by atoms with Gasteiger partial charge in [0.1, 0.15) is 5.78 Å². The van der Waals surface area contributed by atoms with Crippen molar-refractivity contribution in [3.63, 3.8) is 0 Å². The highest BCUT2D eigenvalue weighted by atomic mass is 16.5. The number of benzene rings is 1. The molecule has 1 aromatic rings. The van der Waals surface area contributed by atoms with Crippen LogP contribution in [0.2, 0.25) is 0 Å². The number of ketones is 1. The first-order valence-corrected chi connectivity index (χ1v) is 7.88. The largest absolute Gasteiger partial charge is 0.504 e. The third kappa shape index (κ3) is 1.53. The zero-order chi connectivity index (χ0) is 15.5. The second-order valence-electron chi connectivity index (χ2n) is 6.83. The molecular weight excluding hydrogens is 282 g/mol. The number of aromatic hydroxyl groups is 1. The van der Waals surface area contributed by atoms with E-state index in [0.717, 1.165) is 17.7 Å². The number of Topliss-reactive ketones (excluding diaryl/α,β-unsaturated/α-hetero) is 1. The summed E-state index contributed by atoms with van der Waals surface area (Å²) in [6.07, 6.45) is 2.49. The molecule has 2 bridgehead atoms. The molecule has 22 heavy (non-hydrogen) atoms. The maximum atomic E-state index is 12.2. The molecule has 1 aliphatic heterocycles. The van der Waals surface area contributed by atoms with Gasteiger partial charge >= 0.3 is 0 Å². The van der Waals surface area contributed by atoms with Crippen LogP contribution in [0.3, 0.4) is 0 Å². The fourth-order valence-corrected chi connectivity index (χ4v) is 4.96. The average molecular weight is 303 g/mol. The molecule has 0 amide bonds. The summed E-state index contributed by atoms with van der Waals surface area (Å²) in [6, 6.07) is 3.65. The van der Waals surface area contributed by atoms with Crippen LogP contribution in [-0.2, 0) is 16.6 Å². The van der Waals surface area contributed by atoms with Crippen LogP contribution < -0.4 is 10.1 Å². The monoisotopic (exact) mass is 303 g/mol. The van der Waals surface area contributed by atoms with Crippen molar-refractivity contribution in [2.45, 2.75) is 49.2 Å². The van der Waals surface area contributed by atoms with Gasteiger partial charge in [-0.25, -0.2) is 0 Å². The molecule has 3 aliphatic rings. The molecule has 0 aromatic heterocycles. The van der Waals surface area contributed by atoms with Crippen LogP contribution in [0.25, 0.3) is 0 Å². The first kappa shape index (κ1) is 14.0. The number of methoxy groups -OCH3 is 1. The molecule has 1 saturated heterocycles. The van der Waals surface area contributed by atoms with Crippen LogP contribution in [0.1, 0.15) is 36.8 Å². The van der Waals surface area contributed by atoms with E-state index in [-0.39, 0.29) is 17.6 Å². The lowest BCUT2D eigenvalue weighted by atomic mass is 9.49. The van der Waals surface area contributed by atoms with Crippen LogP contribution in [0.5, 0.6) is 11.5 Å². The number of carbonyl (C=O) groups excluding carboxylic acids is 1. The lowest BCUT2D eigenvalue weighted by Gasteiger charge is -2.60. The van der Waals surface area contributed by atoms with Crippen molar-refractivity contribution in [1.29, 1.82) is 0 Å². The van der Waals surface area contributed by atoms with Crippen molar-refractivity contribution < 1.29 is 19.7 Å². The number of rotatable bonds is 1. The first-order valence-electron chi connectivity index (χ1n) is 7.88. The van der Waals surface area contributed by atoms with Gasteiger partial charge in [0.15, 0.2) is 11.5 Å². The molecule has 1 aromatic carbocycles. The fraction of sp³-hybridized carbons (Fsp3) is 0.588. The van der Waals surface area contributed by atoms with Gasteiger partial charge in [-0.3, -0.25) is 4.79 Å². The van der Waals surface area contributed by atoms with Gasteiger partial charge < -0.3 is 20.3 Å². The van der Waals surface area contributed by atoms with Crippen molar-refractivity contribution >= 4 is 5.78 Å². The van der Waals surface area contributed by atoms with Gasteiger partial charge in [0.05, 0.1) is 12.7 Å². The Kier molecular flexibility index (Phi) is 2.84. The van der Waals surface area contributed by atoms with Crippen LogP contribution in [0.15, 0.2) is 12.1 Å². The second-order valence-corrected chi connectivity index (χ2v) is 6.83. The molecule has 118 valence electrons. The Labute approximate surface area is 129 Å². The lowest BCUT2D eigenvalue weighted by Crippen LogP contribution is -2.72. The topological polar surface area (TPSA) is 78.8 Å². The number of piperidine rings is 1. The highest BCUT2D eigenvalue weighted by Crippen LogP contribution is 2.58.